The van der Waals surface area contributed by atoms with E-state index in [0.717, 1.165) is 22.7 Å². The second kappa shape index (κ2) is 9.18. The highest BCUT2D eigenvalue weighted by molar-refractivity contribution is 6.18. The van der Waals surface area contributed by atoms with Gasteiger partial charge in [-0.25, -0.2) is 0 Å². The molecule has 0 radical (unpaired) electrons. The number of amides is 1. The van der Waals surface area contributed by atoms with E-state index in [9.17, 15) is 4.79 Å². The topological polar surface area (TPSA) is 60.0 Å². The van der Waals surface area contributed by atoms with Crippen LogP contribution in [0.1, 0.15) is 22.1 Å². The Morgan fingerprint density at radius 3 is 2.29 bits per heavy atom. The van der Waals surface area contributed by atoms with Crippen molar-refractivity contribution in [1.82, 2.24) is 0 Å². The molecule has 1 amide bonds. The highest BCUT2D eigenvalue weighted by Gasteiger charge is 2.35. The average Bonchev–Trinajstić information content (AvgIpc) is 2.83. The second-order valence-corrected chi connectivity index (χ2v) is 7.29. The van der Waals surface area contributed by atoms with Crippen molar-refractivity contribution in [2.75, 3.05) is 36.9 Å². The first-order valence-corrected chi connectivity index (χ1v) is 10.4. The van der Waals surface area contributed by atoms with E-state index in [1.54, 1.807) is 25.2 Å². The largest absolute Gasteiger partial charge is 0.497 e. The van der Waals surface area contributed by atoms with Crippen LogP contribution < -0.4 is 24.4 Å². The SMILES string of the molecule is COc1ccc(N2C(=O)c3cccc(OC)c3N[C@@H]2c2ccc(OCCCl)cc2)cc1. The Bertz CT molecular complexity index is 1050. The fraction of sp³-hybridized carbons (Fsp3) is 0.208. The van der Waals surface area contributed by atoms with Gasteiger partial charge >= 0.3 is 0 Å². The molecular weight excluding hydrogens is 416 g/mol. The van der Waals surface area contributed by atoms with Gasteiger partial charge in [0.1, 0.15) is 30.0 Å². The van der Waals surface area contributed by atoms with Crippen LogP contribution in [0.25, 0.3) is 0 Å². The summed E-state index contributed by atoms with van der Waals surface area (Å²) in [4.78, 5) is 15.3. The summed E-state index contributed by atoms with van der Waals surface area (Å²) in [5, 5.41) is 3.49. The van der Waals surface area contributed by atoms with E-state index < -0.39 is 6.17 Å². The average molecular weight is 439 g/mol. The van der Waals surface area contributed by atoms with Gasteiger partial charge in [-0.1, -0.05) is 18.2 Å². The van der Waals surface area contributed by atoms with Gasteiger partial charge in [-0.05, 0) is 54.1 Å². The van der Waals surface area contributed by atoms with Crippen LogP contribution >= 0.6 is 11.6 Å². The lowest BCUT2D eigenvalue weighted by Gasteiger charge is -2.38. The number of carbonyl (C=O) groups excluding carboxylic acids is 1. The van der Waals surface area contributed by atoms with Crippen molar-refractivity contribution in [2.24, 2.45) is 0 Å². The number of nitrogens with one attached hydrogen (secondary N) is 1. The molecule has 0 spiro atoms. The molecule has 3 aromatic carbocycles. The first kappa shape index (κ1) is 20.9. The lowest BCUT2D eigenvalue weighted by atomic mass is 10.0. The summed E-state index contributed by atoms with van der Waals surface area (Å²) in [5.74, 6) is 2.36. The molecule has 7 heteroatoms. The van der Waals surface area contributed by atoms with Crippen molar-refractivity contribution in [3.63, 3.8) is 0 Å². The first-order valence-electron chi connectivity index (χ1n) is 9.86. The number of carbonyl (C=O) groups is 1. The minimum absolute atomic E-state index is 0.120. The zero-order valence-corrected chi connectivity index (χ0v) is 18.1. The molecule has 1 heterocycles. The lowest BCUT2D eigenvalue weighted by molar-refractivity contribution is 0.0974. The molecule has 0 aliphatic carbocycles. The number of rotatable bonds is 7. The number of benzene rings is 3. The van der Waals surface area contributed by atoms with Crippen LogP contribution in [0.4, 0.5) is 11.4 Å². The number of ether oxygens (including phenoxy) is 3. The summed E-state index contributed by atoms with van der Waals surface area (Å²) < 4.78 is 16.3. The maximum Gasteiger partial charge on any atom is 0.262 e. The van der Waals surface area contributed by atoms with Crippen LogP contribution in [0.3, 0.4) is 0 Å². The number of alkyl halides is 1. The molecule has 160 valence electrons. The molecule has 0 bridgehead atoms. The molecular formula is C24H23ClN2O4. The Balaban J connectivity index is 1.77. The molecule has 1 atom stereocenters. The number of hydrogen-bond acceptors (Lipinski definition) is 5. The molecule has 3 aromatic rings. The summed E-state index contributed by atoms with van der Waals surface area (Å²) in [6.07, 6.45) is -0.438. The minimum Gasteiger partial charge on any atom is -0.497 e. The number of anilines is 2. The molecule has 0 unspecified atom stereocenters. The third-order valence-corrected chi connectivity index (χ3v) is 5.28. The van der Waals surface area contributed by atoms with Crippen molar-refractivity contribution in [2.45, 2.75) is 6.17 Å². The highest BCUT2D eigenvalue weighted by atomic mass is 35.5. The van der Waals surface area contributed by atoms with E-state index in [0.29, 0.717) is 29.5 Å². The molecule has 1 aliphatic heterocycles. The number of methoxy groups -OCH3 is 2. The Kier molecular flexibility index (Phi) is 6.18. The lowest BCUT2D eigenvalue weighted by Crippen LogP contribution is -2.43. The van der Waals surface area contributed by atoms with Crippen molar-refractivity contribution in [3.8, 4) is 17.2 Å². The minimum atomic E-state index is -0.438. The van der Waals surface area contributed by atoms with Gasteiger partial charge in [0.05, 0.1) is 31.4 Å². The van der Waals surface area contributed by atoms with Crippen molar-refractivity contribution < 1.29 is 19.0 Å². The van der Waals surface area contributed by atoms with Crippen LogP contribution in [-0.2, 0) is 0 Å². The van der Waals surface area contributed by atoms with Crippen LogP contribution in [0.2, 0.25) is 0 Å². The van der Waals surface area contributed by atoms with Gasteiger partial charge in [0.25, 0.3) is 5.91 Å². The smallest absolute Gasteiger partial charge is 0.262 e. The normalized spacial score (nSPS) is 15.1. The van der Waals surface area contributed by atoms with Gasteiger partial charge in [-0.15, -0.1) is 11.6 Å². The molecule has 1 N–H and O–H groups in total. The van der Waals surface area contributed by atoms with Gasteiger partial charge < -0.3 is 19.5 Å². The maximum atomic E-state index is 13.6. The molecule has 31 heavy (non-hydrogen) atoms. The van der Waals surface area contributed by atoms with E-state index in [1.807, 2.05) is 60.7 Å². The van der Waals surface area contributed by atoms with Crippen molar-refractivity contribution in [1.29, 1.82) is 0 Å². The van der Waals surface area contributed by atoms with Crippen LogP contribution in [-0.4, -0.2) is 32.6 Å². The fourth-order valence-electron chi connectivity index (χ4n) is 3.62. The standard InChI is InChI=1S/C24H23ClN2O4/c1-29-18-12-8-17(9-13-18)27-23(16-6-10-19(11-7-16)31-15-14-25)26-22-20(24(27)28)4-3-5-21(22)30-2/h3-13,23,26H,14-15H2,1-2H3/t23-/m0/s1. The zero-order valence-electron chi connectivity index (χ0n) is 17.3. The Hall–Kier alpha value is -3.38. The number of para-hydroxylation sites is 1. The number of nitrogens with zero attached hydrogens (tertiary/aromatic N) is 1. The predicted molar refractivity (Wildman–Crippen MR) is 122 cm³/mol. The van der Waals surface area contributed by atoms with Crippen LogP contribution in [0, 0.1) is 0 Å². The van der Waals surface area contributed by atoms with Crippen LogP contribution in [0.15, 0.2) is 66.7 Å². The van der Waals surface area contributed by atoms with Gasteiger partial charge in [0, 0.05) is 5.69 Å². The summed E-state index contributed by atoms with van der Waals surface area (Å²) in [6.45, 7) is 0.434. The molecule has 0 aromatic heterocycles. The Morgan fingerprint density at radius 1 is 0.935 bits per heavy atom. The van der Waals surface area contributed by atoms with Gasteiger partial charge in [-0.2, -0.15) is 0 Å². The van der Waals surface area contributed by atoms with E-state index in [1.165, 1.54) is 0 Å². The Morgan fingerprint density at radius 2 is 1.65 bits per heavy atom. The number of fused-ring (bicyclic) bond motifs is 1. The summed E-state index contributed by atoms with van der Waals surface area (Å²) >= 11 is 5.71. The highest BCUT2D eigenvalue weighted by Crippen LogP contribution is 2.41. The van der Waals surface area contributed by atoms with E-state index in [2.05, 4.69) is 5.32 Å². The molecule has 0 saturated heterocycles. The van der Waals surface area contributed by atoms with Gasteiger partial charge in [-0.3, -0.25) is 9.69 Å². The summed E-state index contributed by atoms with van der Waals surface area (Å²) in [5.41, 5.74) is 2.87. The Labute approximate surface area is 186 Å². The van der Waals surface area contributed by atoms with Gasteiger partial charge in [0.2, 0.25) is 0 Å². The second-order valence-electron chi connectivity index (χ2n) is 6.91. The van der Waals surface area contributed by atoms with E-state index >= 15 is 0 Å². The molecule has 6 nitrogen and oxygen atoms in total. The first-order chi connectivity index (χ1) is 15.2. The third kappa shape index (κ3) is 4.11. The fourth-order valence-corrected chi connectivity index (χ4v) is 3.70. The maximum absolute atomic E-state index is 13.6. The third-order valence-electron chi connectivity index (χ3n) is 5.13. The zero-order chi connectivity index (χ0) is 21.8. The summed E-state index contributed by atoms with van der Waals surface area (Å²) in [6, 6.07) is 20.5. The quantitative estimate of drug-likeness (QED) is 0.520. The summed E-state index contributed by atoms with van der Waals surface area (Å²) in [7, 11) is 3.21. The molecule has 4 rings (SSSR count). The molecule has 0 saturated carbocycles. The predicted octanol–water partition coefficient (Wildman–Crippen LogP) is 5.09. The van der Waals surface area contributed by atoms with E-state index in [-0.39, 0.29) is 5.91 Å². The van der Waals surface area contributed by atoms with Crippen molar-refractivity contribution >= 4 is 28.9 Å². The van der Waals surface area contributed by atoms with E-state index in [4.69, 9.17) is 25.8 Å². The monoisotopic (exact) mass is 438 g/mol. The van der Waals surface area contributed by atoms with Gasteiger partial charge in [0.15, 0.2) is 0 Å². The van der Waals surface area contributed by atoms with Crippen molar-refractivity contribution in [3.05, 3.63) is 77.9 Å². The number of hydrogen-bond donors (Lipinski definition) is 1. The van der Waals surface area contributed by atoms with Crippen LogP contribution in [0.5, 0.6) is 17.2 Å². The molecule has 0 fully saturated rings. The molecule has 1 aliphatic rings. The number of halogens is 1.